The van der Waals surface area contributed by atoms with Gasteiger partial charge < -0.3 is 10.1 Å². The van der Waals surface area contributed by atoms with E-state index in [0.717, 1.165) is 39.2 Å². The second-order valence-corrected chi connectivity index (χ2v) is 6.43. The molecule has 2 aromatic heterocycles. The number of benzene rings is 2. The number of methoxy groups -OCH3 is 1. The number of ether oxygens (including phenoxy) is 1. The van der Waals surface area contributed by atoms with Crippen LogP contribution in [-0.2, 0) is 6.54 Å². The standard InChI is InChI=1S/C24H21N3O/c1-28-23-5-3-2-4-21(23)17-26-24-11-9-20-16-19(8-10-22(20)27-24)7-6-18-12-14-25-15-13-18/h2-16H,17H2,1H3,(H,26,27). The van der Waals surface area contributed by atoms with Crippen LogP contribution >= 0.6 is 0 Å². The van der Waals surface area contributed by atoms with E-state index >= 15 is 0 Å². The van der Waals surface area contributed by atoms with Gasteiger partial charge in [-0.1, -0.05) is 36.4 Å². The fourth-order valence-electron chi connectivity index (χ4n) is 3.05. The van der Waals surface area contributed by atoms with E-state index in [-0.39, 0.29) is 0 Å². The van der Waals surface area contributed by atoms with Crippen LogP contribution in [0.3, 0.4) is 0 Å². The van der Waals surface area contributed by atoms with Gasteiger partial charge >= 0.3 is 0 Å². The lowest BCUT2D eigenvalue weighted by Gasteiger charge is -2.10. The van der Waals surface area contributed by atoms with Gasteiger partial charge in [-0.15, -0.1) is 0 Å². The summed E-state index contributed by atoms with van der Waals surface area (Å²) in [4.78, 5) is 8.76. The van der Waals surface area contributed by atoms with E-state index in [9.17, 15) is 0 Å². The third-order valence-corrected chi connectivity index (χ3v) is 4.54. The zero-order chi connectivity index (χ0) is 19.2. The summed E-state index contributed by atoms with van der Waals surface area (Å²) < 4.78 is 5.40. The quantitative estimate of drug-likeness (QED) is 0.494. The molecule has 0 bridgehead atoms. The molecule has 0 atom stereocenters. The summed E-state index contributed by atoms with van der Waals surface area (Å²) in [6, 6.07) is 22.3. The molecule has 1 N–H and O–H groups in total. The Bertz CT molecular complexity index is 1110. The minimum atomic E-state index is 0.662. The first-order chi connectivity index (χ1) is 13.8. The highest BCUT2D eigenvalue weighted by Crippen LogP contribution is 2.21. The number of fused-ring (bicyclic) bond motifs is 1. The number of hydrogen-bond acceptors (Lipinski definition) is 4. The van der Waals surface area contributed by atoms with Gasteiger partial charge in [0.25, 0.3) is 0 Å². The third-order valence-electron chi connectivity index (χ3n) is 4.54. The van der Waals surface area contributed by atoms with E-state index < -0.39 is 0 Å². The predicted molar refractivity (Wildman–Crippen MR) is 115 cm³/mol. The molecule has 2 aromatic carbocycles. The number of anilines is 1. The van der Waals surface area contributed by atoms with Crippen molar-refractivity contribution in [1.29, 1.82) is 0 Å². The Morgan fingerprint density at radius 1 is 0.893 bits per heavy atom. The predicted octanol–water partition coefficient (Wildman–Crippen LogP) is 5.42. The molecule has 0 spiro atoms. The molecule has 4 aromatic rings. The summed E-state index contributed by atoms with van der Waals surface area (Å²) in [7, 11) is 1.69. The Hall–Kier alpha value is -3.66. The highest BCUT2D eigenvalue weighted by Gasteiger charge is 2.03. The molecule has 0 amide bonds. The maximum atomic E-state index is 5.40. The number of nitrogens with zero attached hydrogens (tertiary/aromatic N) is 2. The molecule has 138 valence electrons. The molecular weight excluding hydrogens is 346 g/mol. The van der Waals surface area contributed by atoms with Gasteiger partial charge in [0.2, 0.25) is 0 Å². The van der Waals surface area contributed by atoms with Crippen LogP contribution in [0.15, 0.2) is 79.1 Å². The molecule has 2 heterocycles. The van der Waals surface area contributed by atoms with Crippen LogP contribution in [0.2, 0.25) is 0 Å². The molecule has 4 heteroatoms. The summed E-state index contributed by atoms with van der Waals surface area (Å²) in [6.45, 7) is 0.662. The first kappa shape index (κ1) is 17.7. The van der Waals surface area contributed by atoms with E-state index in [2.05, 4.69) is 46.7 Å². The highest BCUT2D eigenvalue weighted by molar-refractivity contribution is 5.84. The zero-order valence-corrected chi connectivity index (χ0v) is 15.7. The van der Waals surface area contributed by atoms with Gasteiger partial charge in [-0.2, -0.15) is 0 Å². The lowest BCUT2D eigenvalue weighted by Crippen LogP contribution is -2.03. The lowest BCUT2D eigenvalue weighted by atomic mass is 10.1. The van der Waals surface area contributed by atoms with Crippen molar-refractivity contribution in [1.82, 2.24) is 9.97 Å². The summed E-state index contributed by atoms with van der Waals surface area (Å²) >= 11 is 0. The Balaban J connectivity index is 1.49. The van der Waals surface area contributed by atoms with Gasteiger partial charge in [0.15, 0.2) is 0 Å². The number of rotatable bonds is 6. The molecule has 0 aliphatic heterocycles. The van der Waals surface area contributed by atoms with Crippen LogP contribution in [0.1, 0.15) is 16.7 Å². The van der Waals surface area contributed by atoms with Gasteiger partial charge in [-0.25, -0.2) is 4.98 Å². The summed E-state index contributed by atoms with van der Waals surface area (Å²) in [5.74, 6) is 1.72. The second kappa shape index (κ2) is 8.35. The average molecular weight is 367 g/mol. The Labute approximate surface area is 164 Å². The molecule has 4 rings (SSSR count). The molecule has 28 heavy (non-hydrogen) atoms. The van der Waals surface area contributed by atoms with Crippen molar-refractivity contribution in [2.24, 2.45) is 0 Å². The average Bonchev–Trinajstić information content (AvgIpc) is 2.77. The highest BCUT2D eigenvalue weighted by atomic mass is 16.5. The van der Waals surface area contributed by atoms with Crippen molar-refractivity contribution < 1.29 is 4.74 Å². The molecule has 0 unspecified atom stereocenters. The van der Waals surface area contributed by atoms with E-state index in [1.807, 2.05) is 42.5 Å². The van der Waals surface area contributed by atoms with Gasteiger partial charge in [0.05, 0.1) is 12.6 Å². The molecule has 0 fully saturated rings. The molecule has 4 nitrogen and oxygen atoms in total. The number of para-hydroxylation sites is 1. The first-order valence-corrected chi connectivity index (χ1v) is 9.16. The van der Waals surface area contributed by atoms with Crippen LogP contribution in [0.5, 0.6) is 5.75 Å². The van der Waals surface area contributed by atoms with E-state index in [0.29, 0.717) is 6.54 Å². The second-order valence-electron chi connectivity index (χ2n) is 6.43. The number of aromatic nitrogens is 2. The first-order valence-electron chi connectivity index (χ1n) is 9.16. The topological polar surface area (TPSA) is 47.0 Å². The number of hydrogen-bond donors (Lipinski definition) is 1. The molecule has 0 aliphatic carbocycles. The SMILES string of the molecule is COc1ccccc1CNc1ccc2cc(C=Cc3ccncc3)ccc2n1. The van der Waals surface area contributed by atoms with Crippen molar-refractivity contribution in [2.75, 3.05) is 12.4 Å². The minimum Gasteiger partial charge on any atom is -0.496 e. The third kappa shape index (κ3) is 4.18. The summed E-state index contributed by atoms with van der Waals surface area (Å²) in [5, 5.41) is 4.49. The maximum Gasteiger partial charge on any atom is 0.126 e. The zero-order valence-electron chi connectivity index (χ0n) is 15.7. The van der Waals surface area contributed by atoms with Gasteiger partial charge in [0.1, 0.15) is 11.6 Å². The van der Waals surface area contributed by atoms with Crippen LogP contribution in [0.4, 0.5) is 5.82 Å². The Morgan fingerprint density at radius 3 is 2.57 bits per heavy atom. The van der Waals surface area contributed by atoms with Crippen molar-refractivity contribution in [3.05, 3.63) is 95.8 Å². The largest absolute Gasteiger partial charge is 0.496 e. The van der Waals surface area contributed by atoms with E-state index in [4.69, 9.17) is 9.72 Å². The van der Waals surface area contributed by atoms with Crippen LogP contribution < -0.4 is 10.1 Å². The molecule has 0 saturated heterocycles. The van der Waals surface area contributed by atoms with E-state index in [1.165, 1.54) is 0 Å². The molecule has 0 saturated carbocycles. The minimum absolute atomic E-state index is 0.662. The van der Waals surface area contributed by atoms with Gasteiger partial charge in [-0.05, 0) is 53.6 Å². The monoisotopic (exact) mass is 367 g/mol. The Kier molecular flexibility index (Phi) is 5.29. The molecule has 0 radical (unpaired) electrons. The van der Waals surface area contributed by atoms with Gasteiger partial charge in [0, 0.05) is 29.9 Å². The summed E-state index contributed by atoms with van der Waals surface area (Å²) in [5.41, 5.74) is 4.33. The van der Waals surface area contributed by atoms with Crippen LogP contribution in [0, 0.1) is 0 Å². The molecular formula is C24H21N3O. The molecule has 0 aliphatic rings. The van der Waals surface area contributed by atoms with Crippen molar-refractivity contribution in [3.8, 4) is 5.75 Å². The van der Waals surface area contributed by atoms with Gasteiger partial charge in [-0.3, -0.25) is 4.98 Å². The fourth-order valence-corrected chi connectivity index (χ4v) is 3.05. The maximum absolute atomic E-state index is 5.40. The van der Waals surface area contributed by atoms with Crippen LogP contribution in [-0.4, -0.2) is 17.1 Å². The number of pyridine rings is 2. The van der Waals surface area contributed by atoms with Crippen molar-refractivity contribution in [3.63, 3.8) is 0 Å². The van der Waals surface area contributed by atoms with Crippen molar-refractivity contribution >= 4 is 28.9 Å². The fraction of sp³-hybridized carbons (Fsp3) is 0.0833. The van der Waals surface area contributed by atoms with Crippen molar-refractivity contribution in [2.45, 2.75) is 6.54 Å². The normalized spacial score (nSPS) is 11.0. The number of nitrogens with one attached hydrogen (secondary N) is 1. The van der Waals surface area contributed by atoms with Crippen LogP contribution in [0.25, 0.3) is 23.1 Å². The smallest absolute Gasteiger partial charge is 0.126 e. The van der Waals surface area contributed by atoms with E-state index in [1.54, 1.807) is 19.5 Å². The Morgan fingerprint density at radius 2 is 1.71 bits per heavy atom. The lowest BCUT2D eigenvalue weighted by molar-refractivity contribution is 0.410. The summed E-state index contributed by atoms with van der Waals surface area (Å²) in [6.07, 6.45) is 7.77.